The average Bonchev–Trinajstić information content (AvgIpc) is 3.06. The van der Waals surface area contributed by atoms with Crippen LogP contribution >= 0.6 is 11.3 Å². The molecule has 3 aromatic rings. The van der Waals surface area contributed by atoms with Crippen LogP contribution in [0.25, 0.3) is 11.1 Å². The van der Waals surface area contributed by atoms with E-state index in [1.807, 2.05) is 39.8 Å². The second kappa shape index (κ2) is 9.31. The number of rotatable bonds is 6. The lowest BCUT2D eigenvalue weighted by Crippen LogP contribution is -2.21. The summed E-state index contributed by atoms with van der Waals surface area (Å²) in [4.78, 5) is 26.0. The zero-order valence-electron chi connectivity index (χ0n) is 18.1. The van der Waals surface area contributed by atoms with Gasteiger partial charge in [-0.2, -0.15) is 0 Å². The van der Waals surface area contributed by atoms with Crippen LogP contribution < -0.4 is 10.1 Å². The smallest absolute Gasteiger partial charge is 0.341 e. The Hall–Kier alpha value is -3.19. The molecule has 0 saturated heterocycles. The Kier molecular flexibility index (Phi) is 6.75. The summed E-state index contributed by atoms with van der Waals surface area (Å²) < 4.78 is 24.1. The normalized spacial score (nSPS) is 10.6. The van der Waals surface area contributed by atoms with Crippen molar-refractivity contribution in [1.29, 1.82) is 0 Å². The molecule has 3 rings (SSSR count). The molecule has 5 nitrogen and oxygen atoms in total. The number of esters is 1. The lowest BCUT2D eigenvalue weighted by Gasteiger charge is -2.14. The second-order valence-electron chi connectivity index (χ2n) is 7.23. The highest BCUT2D eigenvalue weighted by molar-refractivity contribution is 7.17. The number of carbonyl (C=O) groups excluding carboxylic acids is 2. The molecule has 7 heteroatoms. The van der Waals surface area contributed by atoms with Crippen molar-refractivity contribution in [2.24, 2.45) is 0 Å². The van der Waals surface area contributed by atoms with Gasteiger partial charge < -0.3 is 14.8 Å². The summed E-state index contributed by atoms with van der Waals surface area (Å²) in [6, 6.07) is 9.79. The van der Waals surface area contributed by atoms with Crippen LogP contribution in [0.2, 0.25) is 0 Å². The van der Waals surface area contributed by atoms with Gasteiger partial charge in [0.2, 0.25) is 0 Å². The number of carbonyl (C=O) groups is 2. The SMILES string of the molecule is COC(=O)c1c(NC(=O)COc2c(C)ccc(C)c2C)sc(C)c1-c1ccc(F)cc1. The van der Waals surface area contributed by atoms with Gasteiger partial charge in [-0.25, -0.2) is 9.18 Å². The van der Waals surface area contributed by atoms with Gasteiger partial charge in [0, 0.05) is 10.4 Å². The molecule has 0 saturated carbocycles. The zero-order valence-corrected chi connectivity index (χ0v) is 18.9. The van der Waals surface area contributed by atoms with Crippen LogP contribution in [-0.4, -0.2) is 25.6 Å². The first kappa shape index (κ1) is 22.5. The van der Waals surface area contributed by atoms with Gasteiger partial charge >= 0.3 is 5.97 Å². The molecular formula is C24H24FNO4S. The number of thiophene rings is 1. The van der Waals surface area contributed by atoms with E-state index in [4.69, 9.17) is 9.47 Å². The van der Waals surface area contributed by atoms with E-state index >= 15 is 0 Å². The van der Waals surface area contributed by atoms with Gasteiger partial charge in [0.25, 0.3) is 5.91 Å². The van der Waals surface area contributed by atoms with E-state index in [-0.39, 0.29) is 18.0 Å². The molecule has 0 aliphatic heterocycles. The van der Waals surface area contributed by atoms with Crippen molar-refractivity contribution in [3.05, 3.63) is 69.3 Å². The first-order valence-electron chi connectivity index (χ1n) is 9.70. The van der Waals surface area contributed by atoms with Gasteiger partial charge in [0.15, 0.2) is 6.61 Å². The quantitative estimate of drug-likeness (QED) is 0.506. The van der Waals surface area contributed by atoms with Crippen LogP contribution in [0.5, 0.6) is 5.75 Å². The van der Waals surface area contributed by atoms with Crippen molar-refractivity contribution in [3.8, 4) is 16.9 Å². The average molecular weight is 442 g/mol. The van der Waals surface area contributed by atoms with Crippen LogP contribution in [0, 0.1) is 33.5 Å². The summed E-state index contributed by atoms with van der Waals surface area (Å²) in [5, 5.41) is 3.14. The molecule has 1 aromatic heterocycles. The van der Waals surface area contributed by atoms with Crippen molar-refractivity contribution in [2.45, 2.75) is 27.7 Å². The van der Waals surface area contributed by atoms with Crippen molar-refractivity contribution in [3.63, 3.8) is 0 Å². The van der Waals surface area contributed by atoms with E-state index in [0.29, 0.717) is 21.9 Å². The Balaban J connectivity index is 1.87. The van der Waals surface area contributed by atoms with Crippen LogP contribution in [-0.2, 0) is 9.53 Å². The maximum atomic E-state index is 13.4. The molecule has 0 aliphatic rings. The van der Waals surface area contributed by atoms with Gasteiger partial charge in [-0.05, 0) is 62.1 Å². The lowest BCUT2D eigenvalue weighted by molar-refractivity contribution is -0.118. The number of amides is 1. The van der Waals surface area contributed by atoms with Crippen molar-refractivity contribution in [1.82, 2.24) is 0 Å². The Morgan fingerprint density at radius 2 is 1.65 bits per heavy atom. The van der Waals surface area contributed by atoms with Crippen LogP contribution in [0.15, 0.2) is 36.4 Å². The van der Waals surface area contributed by atoms with Crippen LogP contribution in [0.1, 0.15) is 31.9 Å². The second-order valence-corrected chi connectivity index (χ2v) is 8.45. The van der Waals surface area contributed by atoms with E-state index in [9.17, 15) is 14.0 Å². The first-order chi connectivity index (χ1) is 14.7. The molecule has 2 aromatic carbocycles. The molecule has 0 fully saturated rings. The summed E-state index contributed by atoms with van der Waals surface area (Å²) in [5.74, 6) is -0.663. The topological polar surface area (TPSA) is 64.6 Å². The highest BCUT2D eigenvalue weighted by Crippen LogP contribution is 2.40. The fourth-order valence-corrected chi connectivity index (χ4v) is 4.42. The Bertz CT molecular complexity index is 1140. The van der Waals surface area contributed by atoms with E-state index in [1.54, 1.807) is 12.1 Å². The molecule has 31 heavy (non-hydrogen) atoms. The third-order valence-corrected chi connectivity index (χ3v) is 6.10. The fourth-order valence-electron chi connectivity index (χ4n) is 3.34. The lowest BCUT2D eigenvalue weighted by atomic mass is 10.0. The van der Waals surface area contributed by atoms with E-state index < -0.39 is 11.9 Å². The molecule has 1 amide bonds. The van der Waals surface area contributed by atoms with Gasteiger partial charge in [0.05, 0.1) is 7.11 Å². The Morgan fingerprint density at radius 3 is 2.29 bits per heavy atom. The number of ether oxygens (including phenoxy) is 2. The minimum Gasteiger partial charge on any atom is -0.483 e. The summed E-state index contributed by atoms with van der Waals surface area (Å²) in [6.45, 7) is 7.49. The Labute approximate surface area is 184 Å². The van der Waals surface area contributed by atoms with E-state index in [0.717, 1.165) is 21.6 Å². The molecule has 0 unspecified atom stereocenters. The van der Waals surface area contributed by atoms with Crippen molar-refractivity contribution < 1.29 is 23.5 Å². The van der Waals surface area contributed by atoms with Crippen molar-refractivity contribution in [2.75, 3.05) is 19.0 Å². The molecule has 0 aliphatic carbocycles. The standard InChI is InChI=1S/C24H24FNO4S/c1-13-6-7-14(2)22(15(13)3)30-12-19(27)26-23-21(24(28)29-5)20(16(4)31-23)17-8-10-18(25)11-9-17/h6-11H,12H2,1-5H3,(H,26,27). The zero-order chi connectivity index (χ0) is 22.7. The first-order valence-corrected chi connectivity index (χ1v) is 10.5. The molecule has 1 N–H and O–H groups in total. The summed E-state index contributed by atoms with van der Waals surface area (Å²) in [7, 11) is 1.28. The number of benzene rings is 2. The van der Waals surface area contributed by atoms with Crippen molar-refractivity contribution >= 4 is 28.2 Å². The highest BCUT2D eigenvalue weighted by Gasteiger charge is 2.25. The maximum Gasteiger partial charge on any atom is 0.341 e. The number of aryl methyl sites for hydroxylation is 3. The molecular weight excluding hydrogens is 417 g/mol. The van der Waals surface area contributed by atoms with Gasteiger partial charge in [-0.1, -0.05) is 24.3 Å². The van der Waals surface area contributed by atoms with Gasteiger partial charge in [0.1, 0.15) is 22.1 Å². The largest absolute Gasteiger partial charge is 0.483 e. The van der Waals surface area contributed by atoms with Crippen LogP contribution in [0.3, 0.4) is 0 Å². The highest BCUT2D eigenvalue weighted by atomic mass is 32.1. The summed E-state index contributed by atoms with van der Waals surface area (Å²) in [5.41, 5.74) is 4.52. The van der Waals surface area contributed by atoms with Crippen LogP contribution in [0.4, 0.5) is 9.39 Å². The molecule has 162 valence electrons. The number of anilines is 1. The number of halogens is 1. The van der Waals surface area contributed by atoms with Gasteiger partial charge in [-0.15, -0.1) is 11.3 Å². The third-order valence-electron chi connectivity index (χ3n) is 5.08. The fraction of sp³-hybridized carbons (Fsp3) is 0.250. The van der Waals surface area contributed by atoms with E-state index in [1.165, 1.54) is 30.6 Å². The molecule has 0 atom stereocenters. The van der Waals surface area contributed by atoms with Gasteiger partial charge in [-0.3, -0.25) is 4.79 Å². The minimum absolute atomic E-state index is 0.200. The third kappa shape index (κ3) is 4.77. The summed E-state index contributed by atoms with van der Waals surface area (Å²) in [6.07, 6.45) is 0. The predicted molar refractivity (Wildman–Crippen MR) is 121 cm³/mol. The molecule has 1 heterocycles. The maximum absolute atomic E-state index is 13.4. The minimum atomic E-state index is -0.578. The number of hydrogen-bond acceptors (Lipinski definition) is 5. The summed E-state index contributed by atoms with van der Waals surface area (Å²) >= 11 is 1.26. The monoisotopic (exact) mass is 441 g/mol. The number of hydrogen-bond donors (Lipinski definition) is 1. The number of nitrogens with one attached hydrogen (secondary N) is 1. The van der Waals surface area contributed by atoms with E-state index in [2.05, 4.69) is 5.32 Å². The molecule has 0 radical (unpaired) electrons. The Morgan fingerprint density at radius 1 is 1.00 bits per heavy atom. The number of methoxy groups -OCH3 is 1. The molecule has 0 spiro atoms. The predicted octanol–water partition coefficient (Wildman–Crippen LogP) is 5.59. The molecule has 0 bridgehead atoms.